The number of Topliss-reactive ketones (excluding diaryl/α,β-unsaturated/α-hetero) is 1. The highest BCUT2D eigenvalue weighted by atomic mass is 16.5. The first-order valence-corrected chi connectivity index (χ1v) is 14.4. The molecule has 0 saturated heterocycles. The molecule has 0 aromatic carbocycles. The van der Waals surface area contributed by atoms with Crippen LogP contribution in [0.25, 0.3) is 0 Å². The van der Waals surface area contributed by atoms with Crippen molar-refractivity contribution in [3.8, 4) is 0 Å². The maximum atomic E-state index is 13.5. The van der Waals surface area contributed by atoms with Crippen LogP contribution in [-0.4, -0.2) is 36.8 Å². The SMILES string of the molecule is COC[C@]12CC[C@@](C)(O)C[C@@H]1CC[C@H]1[C@@H]3CC[C@H](C(=O)CNNC4=CC=CCCC4)[C@@]3(C)CC[C@@H]12. The lowest BCUT2D eigenvalue weighted by Crippen LogP contribution is -2.58. The average molecular weight is 485 g/mol. The van der Waals surface area contributed by atoms with Crippen molar-refractivity contribution in [1.29, 1.82) is 0 Å². The second kappa shape index (κ2) is 9.95. The van der Waals surface area contributed by atoms with Gasteiger partial charge in [-0.2, -0.15) is 0 Å². The molecule has 3 N–H and O–H groups in total. The van der Waals surface area contributed by atoms with Crippen molar-refractivity contribution in [2.24, 2.45) is 40.4 Å². The number of aliphatic hydroxyl groups is 1. The number of ketones is 1. The first-order chi connectivity index (χ1) is 16.8. The number of rotatable bonds is 7. The van der Waals surface area contributed by atoms with E-state index in [1.807, 2.05) is 14.0 Å². The Kier molecular flexibility index (Phi) is 7.24. The minimum atomic E-state index is -0.521. The van der Waals surface area contributed by atoms with Crippen LogP contribution < -0.4 is 10.9 Å². The summed E-state index contributed by atoms with van der Waals surface area (Å²) in [4.78, 5) is 13.5. The first kappa shape index (κ1) is 25.5. The highest BCUT2D eigenvalue weighted by Gasteiger charge is 2.63. The van der Waals surface area contributed by atoms with E-state index in [2.05, 4.69) is 36.0 Å². The fourth-order valence-corrected chi connectivity index (χ4v) is 9.56. The predicted molar refractivity (Wildman–Crippen MR) is 139 cm³/mol. The van der Waals surface area contributed by atoms with Crippen LogP contribution in [-0.2, 0) is 9.53 Å². The number of hydrogen-bond acceptors (Lipinski definition) is 5. The topological polar surface area (TPSA) is 70.6 Å². The summed E-state index contributed by atoms with van der Waals surface area (Å²) < 4.78 is 5.90. The molecule has 0 unspecified atom stereocenters. The van der Waals surface area contributed by atoms with Gasteiger partial charge in [0.1, 0.15) is 0 Å². The Labute approximate surface area is 212 Å². The Hall–Kier alpha value is -1.17. The molecule has 0 heterocycles. The Bertz CT molecular complexity index is 851. The lowest BCUT2D eigenvalue weighted by Gasteiger charge is -2.62. The molecule has 8 atom stereocenters. The van der Waals surface area contributed by atoms with Crippen molar-refractivity contribution in [2.45, 2.75) is 96.5 Å². The fraction of sp³-hybridized carbons (Fsp3) is 0.833. The molecule has 0 radical (unpaired) electrons. The smallest absolute Gasteiger partial charge is 0.152 e. The van der Waals surface area contributed by atoms with Gasteiger partial charge in [0.15, 0.2) is 5.78 Å². The van der Waals surface area contributed by atoms with Crippen LogP contribution in [0, 0.1) is 40.4 Å². The standard InChI is InChI=1S/C30H48N2O3/c1-28(34)16-17-30(20-35-3)21(18-28)10-11-23-24-12-13-26(29(24,2)15-14-25(23)30)27(33)19-31-32-22-8-6-4-5-7-9-22/h4,6,8,21,23-26,31-32,34H,5,7,9-20H2,1-3H3/t21-,23-,24-,25-,26+,28+,29-,30+/m0/s1. The summed E-state index contributed by atoms with van der Waals surface area (Å²) in [6, 6.07) is 0. The number of carbonyl (C=O) groups excluding carboxylic acids is 1. The van der Waals surface area contributed by atoms with Crippen molar-refractivity contribution >= 4 is 5.78 Å². The second-order valence-corrected chi connectivity index (χ2v) is 13.1. The zero-order valence-corrected chi connectivity index (χ0v) is 22.3. The van der Waals surface area contributed by atoms with E-state index in [1.54, 1.807) is 0 Å². The molecule has 5 nitrogen and oxygen atoms in total. The van der Waals surface area contributed by atoms with E-state index in [4.69, 9.17) is 4.74 Å². The molecular formula is C30H48N2O3. The number of allylic oxidation sites excluding steroid dienone is 4. The third-order valence-electron chi connectivity index (χ3n) is 11.2. The van der Waals surface area contributed by atoms with Gasteiger partial charge >= 0.3 is 0 Å². The first-order valence-electron chi connectivity index (χ1n) is 14.4. The minimum absolute atomic E-state index is 0.130. The quantitative estimate of drug-likeness (QED) is 0.427. The molecule has 4 saturated carbocycles. The molecule has 0 amide bonds. The van der Waals surface area contributed by atoms with Gasteiger partial charge < -0.3 is 15.3 Å². The monoisotopic (exact) mass is 484 g/mol. The third kappa shape index (κ3) is 4.66. The molecule has 4 fully saturated rings. The second-order valence-electron chi connectivity index (χ2n) is 13.1. The Morgan fingerprint density at radius 3 is 2.80 bits per heavy atom. The molecule has 0 aromatic heterocycles. The summed E-state index contributed by atoms with van der Waals surface area (Å²) in [5, 5.41) is 10.9. The van der Waals surface area contributed by atoms with E-state index in [0.29, 0.717) is 36.0 Å². The summed E-state index contributed by atoms with van der Waals surface area (Å²) in [6.45, 7) is 5.72. The number of hydrogen-bond donors (Lipinski definition) is 3. The average Bonchev–Trinajstić information content (AvgIpc) is 2.98. The van der Waals surface area contributed by atoms with Crippen molar-refractivity contribution in [1.82, 2.24) is 10.9 Å². The van der Waals surface area contributed by atoms with Gasteiger partial charge in [0.25, 0.3) is 0 Å². The van der Waals surface area contributed by atoms with Gasteiger partial charge in [-0.15, -0.1) is 0 Å². The lowest BCUT2D eigenvalue weighted by atomic mass is 9.43. The van der Waals surface area contributed by atoms with Crippen LogP contribution in [0.15, 0.2) is 23.9 Å². The molecule has 5 heteroatoms. The molecular weight excluding hydrogens is 436 g/mol. The zero-order valence-electron chi connectivity index (χ0n) is 22.3. The highest BCUT2D eigenvalue weighted by Crippen LogP contribution is 2.68. The van der Waals surface area contributed by atoms with Crippen LogP contribution in [0.1, 0.15) is 90.9 Å². The molecule has 5 aliphatic rings. The van der Waals surface area contributed by atoms with Crippen LogP contribution in [0.2, 0.25) is 0 Å². The lowest BCUT2D eigenvalue weighted by molar-refractivity contribution is -0.175. The maximum Gasteiger partial charge on any atom is 0.152 e. The summed E-state index contributed by atoms with van der Waals surface area (Å²) in [5.74, 6) is 3.16. The van der Waals surface area contributed by atoms with Crippen LogP contribution in [0.3, 0.4) is 0 Å². The van der Waals surface area contributed by atoms with Crippen molar-refractivity contribution < 1.29 is 14.6 Å². The van der Waals surface area contributed by atoms with Gasteiger partial charge in [-0.3, -0.25) is 4.79 Å². The summed E-state index contributed by atoms with van der Waals surface area (Å²) in [7, 11) is 1.86. The van der Waals surface area contributed by atoms with Crippen LogP contribution in [0.5, 0.6) is 0 Å². The number of carbonyl (C=O) groups is 1. The predicted octanol–water partition coefficient (Wildman–Crippen LogP) is 5.31. The zero-order chi connectivity index (χ0) is 24.7. The number of ether oxygens (including phenoxy) is 1. The highest BCUT2D eigenvalue weighted by molar-refractivity contribution is 5.84. The molecule has 0 aliphatic heterocycles. The molecule has 196 valence electrons. The van der Waals surface area contributed by atoms with E-state index < -0.39 is 5.60 Å². The number of fused-ring (bicyclic) bond motifs is 5. The van der Waals surface area contributed by atoms with E-state index in [-0.39, 0.29) is 16.7 Å². The molecule has 35 heavy (non-hydrogen) atoms. The summed E-state index contributed by atoms with van der Waals surface area (Å²) in [6.07, 6.45) is 19.7. The van der Waals surface area contributed by atoms with Gasteiger partial charge in [0.2, 0.25) is 0 Å². The van der Waals surface area contributed by atoms with E-state index in [1.165, 1.54) is 31.4 Å². The van der Waals surface area contributed by atoms with Gasteiger partial charge in [0, 0.05) is 18.7 Å². The molecule has 0 spiro atoms. The number of hydrazine groups is 1. The van der Waals surface area contributed by atoms with E-state index >= 15 is 0 Å². The third-order valence-corrected chi connectivity index (χ3v) is 11.2. The maximum absolute atomic E-state index is 13.5. The van der Waals surface area contributed by atoms with Crippen LogP contribution >= 0.6 is 0 Å². The number of methoxy groups -OCH3 is 1. The van der Waals surface area contributed by atoms with Crippen molar-refractivity contribution in [3.05, 3.63) is 23.9 Å². The van der Waals surface area contributed by atoms with Gasteiger partial charge in [-0.05, 0) is 125 Å². The van der Waals surface area contributed by atoms with E-state index in [0.717, 1.165) is 58.0 Å². The minimum Gasteiger partial charge on any atom is -0.390 e. The Morgan fingerprint density at radius 2 is 1.97 bits per heavy atom. The van der Waals surface area contributed by atoms with Gasteiger partial charge in [0.05, 0.1) is 18.8 Å². The van der Waals surface area contributed by atoms with Crippen molar-refractivity contribution in [3.63, 3.8) is 0 Å². The largest absolute Gasteiger partial charge is 0.390 e. The summed E-state index contributed by atoms with van der Waals surface area (Å²) in [5.41, 5.74) is 7.56. The number of nitrogens with one attached hydrogen (secondary N) is 2. The normalized spacial score (nSPS) is 45.0. The Morgan fingerprint density at radius 1 is 1.11 bits per heavy atom. The Balaban J connectivity index is 1.26. The fourth-order valence-electron chi connectivity index (χ4n) is 9.56. The molecule has 5 aliphatic carbocycles. The summed E-state index contributed by atoms with van der Waals surface area (Å²) >= 11 is 0. The van der Waals surface area contributed by atoms with Crippen LogP contribution in [0.4, 0.5) is 0 Å². The molecule has 0 aromatic rings. The molecule has 5 rings (SSSR count). The molecule has 0 bridgehead atoms. The van der Waals surface area contributed by atoms with Gasteiger partial charge in [-0.25, -0.2) is 5.43 Å². The van der Waals surface area contributed by atoms with Gasteiger partial charge in [-0.1, -0.05) is 19.1 Å². The van der Waals surface area contributed by atoms with E-state index in [9.17, 15) is 9.90 Å². The van der Waals surface area contributed by atoms with Crippen molar-refractivity contribution in [2.75, 3.05) is 20.3 Å².